The van der Waals surface area contributed by atoms with Crippen LogP contribution < -0.4 is 10.5 Å². The van der Waals surface area contributed by atoms with Crippen molar-refractivity contribution in [3.05, 3.63) is 51.0 Å². The summed E-state index contributed by atoms with van der Waals surface area (Å²) in [5.41, 5.74) is 8.37. The lowest BCUT2D eigenvalue weighted by atomic mass is 10.1. The number of hydrogen-bond acceptors (Lipinski definition) is 3. The molecule has 4 nitrogen and oxygen atoms in total. The second-order valence-electron chi connectivity index (χ2n) is 4.69. The molecule has 0 aromatic heterocycles. The molecule has 7 heteroatoms. The van der Waals surface area contributed by atoms with Gasteiger partial charge in [-0.1, -0.05) is 11.6 Å². The first-order valence-electron chi connectivity index (χ1n) is 6.05. The molecule has 0 aliphatic carbocycles. The van der Waals surface area contributed by atoms with Crippen LogP contribution in [0.5, 0.6) is 0 Å². The maximum absolute atomic E-state index is 12.4. The van der Waals surface area contributed by atoms with Gasteiger partial charge in [0, 0.05) is 10.2 Å². The highest BCUT2D eigenvalue weighted by Gasteiger charge is 2.17. The molecule has 0 saturated heterocycles. The summed E-state index contributed by atoms with van der Waals surface area (Å²) in [5, 5.41) is 0.426. The van der Waals surface area contributed by atoms with E-state index in [2.05, 4.69) is 20.7 Å². The molecular formula is C14H14BrClN2O2S. The smallest absolute Gasteiger partial charge is 0.261 e. The van der Waals surface area contributed by atoms with E-state index in [4.69, 9.17) is 17.3 Å². The van der Waals surface area contributed by atoms with Crippen LogP contribution in [-0.2, 0) is 10.0 Å². The first-order chi connectivity index (χ1) is 9.70. The van der Waals surface area contributed by atoms with Gasteiger partial charge in [-0.25, -0.2) is 8.42 Å². The van der Waals surface area contributed by atoms with Gasteiger partial charge in [-0.05, 0) is 71.2 Å². The number of rotatable bonds is 3. The first-order valence-corrected chi connectivity index (χ1v) is 8.71. The van der Waals surface area contributed by atoms with Gasteiger partial charge >= 0.3 is 0 Å². The predicted molar refractivity (Wildman–Crippen MR) is 90.3 cm³/mol. The molecule has 0 radical (unpaired) electrons. The molecule has 0 saturated carbocycles. The predicted octanol–water partition coefficient (Wildman–Crippen LogP) is 4.10. The Bertz CT molecular complexity index is 784. The Morgan fingerprint density at radius 1 is 1.19 bits per heavy atom. The van der Waals surface area contributed by atoms with Crippen molar-refractivity contribution in [2.75, 3.05) is 10.5 Å². The quantitative estimate of drug-likeness (QED) is 0.776. The summed E-state index contributed by atoms with van der Waals surface area (Å²) >= 11 is 9.21. The molecule has 21 heavy (non-hydrogen) atoms. The van der Waals surface area contributed by atoms with E-state index in [1.165, 1.54) is 12.1 Å². The van der Waals surface area contributed by atoms with E-state index >= 15 is 0 Å². The van der Waals surface area contributed by atoms with Gasteiger partial charge in [-0.15, -0.1) is 0 Å². The molecule has 112 valence electrons. The zero-order chi connectivity index (χ0) is 15.8. The summed E-state index contributed by atoms with van der Waals surface area (Å²) < 4.78 is 28.0. The van der Waals surface area contributed by atoms with Gasteiger partial charge in [0.15, 0.2) is 0 Å². The van der Waals surface area contributed by atoms with Crippen LogP contribution in [0.15, 0.2) is 39.7 Å². The largest absolute Gasteiger partial charge is 0.398 e. The molecule has 3 N–H and O–H groups in total. The number of hydrogen-bond donors (Lipinski definition) is 2. The van der Waals surface area contributed by atoms with Crippen molar-refractivity contribution in [1.82, 2.24) is 0 Å². The van der Waals surface area contributed by atoms with Crippen LogP contribution in [0.1, 0.15) is 11.1 Å². The Balaban J connectivity index is 2.40. The normalized spacial score (nSPS) is 11.4. The third kappa shape index (κ3) is 3.51. The van der Waals surface area contributed by atoms with Crippen molar-refractivity contribution in [2.24, 2.45) is 0 Å². The fourth-order valence-corrected chi connectivity index (χ4v) is 3.38. The number of anilines is 2. The van der Waals surface area contributed by atoms with E-state index in [-0.39, 0.29) is 4.90 Å². The topological polar surface area (TPSA) is 72.2 Å². The van der Waals surface area contributed by atoms with E-state index in [9.17, 15) is 8.42 Å². The highest BCUT2D eigenvalue weighted by atomic mass is 79.9. The van der Waals surface area contributed by atoms with Crippen LogP contribution in [0.25, 0.3) is 0 Å². The number of nitrogens with one attached hydrogen (secondary N) is 1. The van der Waals surface area contributed by atoms with Gasteiger partial charge < -0.3 is 5.73 Å². The Hall–Kier alpha value is -1.24. The lowest BCUT2D eigenvalue weighted by Crippen LogP contribution is -2.14. The van der Waals surface area contributed by atoms with Gasteiger partial charge in [0.2, 0.25) is 0 Å². The molecule has 0 aliphatic rings. The SMILES string of the molecule is Cc1cc(S(=O)(=O)Nc2ccc(Br)c(Cl)c2)cc(N)c1C. The number of nitrogen functional groups attached to an aromatic ring is 1. The van der Waals surface area contributed by atoms with Gasteiger partial charge in [0.25, 0.3) is 10.0 Å². The molecular weight excluding hydrogens is 376 g/mol. The third-order valence-electron chi connectivity index (χ3n) is 3.16. The van der Waals surface area contributed by atoms with Crippen molar-refractivity contribution >= 4 is 48.9 Å². The third-order valence-corrected chi connectivity index (χ3v) is 5.76. The molecule has 0 bridgehead atoms. The zero-order valence-electron chi connectivity index (χ0n) is 11.4. The monoisotopic (exact) mass is 388 g/mol. The van der Waals surface area contributed by atoms with Gasteiger partial charge in [0.05, 0.1) is 15.6 Å². The van der Waals surface area contributed by atoms with Gasteiger partial charge in [-0.2, -0.15) is 0 Å². The fraction of sp³-hybridized carbons (Fsp3) is 0.143. The van der Waals surface area contributed by atoms with Crippen molar-refractivity contribution in [1.29, 1.82) is 0 Å². The minimum absolute atomic E-state index is 0.127. The minimum Gasteiger partial charge on any atom is -0.398 e. The number of nitrogens with two attached hydrogens (primary N) is 1. The maximum atomic E-state index is 12.4. The first kappa shape index (κ1) is 16.1. The Morgan fingerprint density at radius 2 is 1.86 bits per heavy atom. The van der Waals surface area contributed by atoms with E-state index in [0.717, 1.165) is 11.1 Å². The molecule has 2 rings (SSSR count). The van der Waals surface area contributed by atoms with Crippen molar-refractivity contribution in [3.8, 4) is 0 Å². The molecule has 0 amide bonds. The lowest BCUT2D eigenvalue weighted by molar-refractivity contribution is 0.601. The fourth-order valence-electron chi connectivity index (χ4n) is 1.78. The van der Waals surface area contributed by atoms with Crippen LogP contribution >= 0.6 is 27.5 Å². The number of aryl methyl sites for hydroxylation is 1. The number of halogens is 2. The molecule has 0 heterocycles. The molecule has 0 spiro atoms. The standard InChI is InChI=1S/C14H14BrClN2O2S/c1-8-5-11(7-14(17)9(8)2)21(19,20)18-10-3-4-12(15)13(16)6-10/h3-7,18H,17H2,1-2H3. The Morgan fingerprint density at radius 3 is 2.43 bits per heavy atom. The zero-order valence-corrected chi connectivity index (χ0v) is 14.6. The van der Waals surface area contributed by atoms with Crippen LogP contribution in [0.3, 0.4) is 0 Å². The van der Waals surface area contributed by atoms with E-state index in [1.807, 2.05) is 13.8 Å². The highest BCUT2D eigenvalue weighted by molar-refractivity contribution is 9.10. The minimum atomic E-state index is -3.71. The molecule has 2 aromatic carbocycles. The van der Waals surface area contributed by atoms with Crippen molar-refractivity contribution in [2.45, 2.75) is 18.7 Å². The van der Waals surface area contributed by atoms with E-state index < -0.39 is 10.0 Å². The maximum Gasteiger partial charge on any atom is 0.261 e. The summed E-state index contributed by atoms with van der Waals surface area (Å²) in [7, 11) is -3.71. The lowest BCUT2D eigenvalue weighted by Gasteiger charge is -2.12. The summed E-state index contributed by atoms with van der Waals surface area (Å²) in [4.78, 5) is 0.127. The average Bonchev–Trinajstić information content (AvgIpc) is 2.39. The van der Waals surface area contributed by atoms with E-state index in [1.54, 1.807) is 18.2 Å². The van der Waals surface area contributed by atoms with Crippen molar-refractivity contribution in [3.63, 3.8) is 0 Å². The molecule has 0 unspecified atom stereocenters. The van der Waals surface area contributed by atoms with Crippen LogP contribution in [-0.4, -0.2) is 8.42 Å². The molecule has 2 aromatic rings. The van der Waals surface area contributed by atoms with Gasteiger partial charge in [-0.3, -0.25) is 4.72 Å². The molecule has 0 aliphatic heterocycles. The Kier molecular flexibility index (Phi) is 4.51. The second-order valence-corrected chi connectivity index (χ2v) is 7.63. The van der Waals surface area contributed by atoms with Crippen LogP contribution in [0, 0.1) is 13.8 Å². The summed E-state index contributed by atoms with van der Waals surface area (Å²) in [6, 6.07) is 7.88. The molecule has 0 fully saturated rings. The number of sulfonamides is 1. The average molecular weight is 390 g/mol. The summed E-state index contributed by atoms with van der Waals surface area (Å²) in [6.07, 6.45) is 0. The summed E-state index contributed by atoms with van der Waals surface area (Å²) in [5.74, 6) is 0. The Labute approximate surface area is 137 Å². The van der Waals surface area contributed by atoms with Gasteiger partial charge in [0.1, 0.15) is 0 Å². The van der Waals surface area contributed by atoms with Crippen LogP contribution in [0.2, 0.25) is 5.02 Å². The second kappa shape index (κ2) is 5.87. The van der Waals surface area contributed by atoms with Crippen molar-refractivity contribution < 1.29 is 8.42 Å². The molecule has 0 atom stereocenters. The summed E-state index contributed by atoms with van der Waals surface area (Å²) in [6.45, 7) is 3.67. The van der Waals surface area contributed by atoms with Crippen LogP contribution in [0.4, 0.5) is 11.4 Å². The van der Waals surface area contributed by atoms with E-state index in [0.29, 0.717) is 20.9 Å². The number of benzene rings is 2. The highest BCUT2D eigenvalue weighted by Crippen LogP contribution is 2.28.